The number of hydrogen-bond acceptors (Lipinski definition) is 4. The highest BCUT2D eigenvalue weighted by Crippen LogP contribution is 2.33. The Labute approximate surface area is 101 Å². The van der Waals surface area contributed by atoms with Crippen molar-refractivity contribution in [3.8, 4) is 6.07 Å². The molecule has 0 unspecified atom stereocenters. The molecular weight excluding hydrogens is 249 g/mol. The number of rotatable bonds is 2. The molecule has 0 aliphatic heterocycles. The number of carbonyl (C=O) groups excluding carboxylic acids is 1. The molecule has 96 valence electrons. The molecule has 7 heteroatoms. The van der Waals surface area contributed by atoms with Gasteiger partial charge in [0.05, 0.1) is 29.9 Å². The largest absolute Gasteiger partial charge is 0.465 e. The predicted octanol–water partition coefficient (Wildman–Crippen LogP) is 1.82. The zero-order valence-corrected chi connectivity index (χ0v) is 9.34. The highest BCUT2D eigenvalue weighted by molar-refractivity contribution is 5.91. The van der Waals surface area contributed by atoms with Crippen molar-refractivity contribution in [3.05, 3.63) is 34.4 Å². The lowest BCUT2D eigenvalue weighted by Gasteiger charge is -2.13. The van der Waals surface area contributed by atoms with Gasteiger partial charge in [-0.15, -0.1) is 0 Å². The lowest BCUT2D eigenvalue weighted by Crippen LogP contribution is -2.15. The fourth-order valence-corrected chi connectivity index (χ4v) is 1.44. The number of nitrogens with two attached hydrogens (primary N) is 1. The summed E-state index contributed by atoms with van der Waals surface area (Å²) in [6.45, 7) is -0.265. The normalized spacial score (nSPS) is 10.9. The molecule has 4 nitrogen and oxygen atoms in total. The van der Waals surface area contributed by atoms with Crippen LogP contribution in [0.1, 0.15) is 27.0 Å². The molecule has 1 aromatic carbocycles. The first kappa shape index (κ1) is 14.0. The third kappa shape index (κ3) is 2.60. The quantitative estimate of drug-likeness (QED) is 0.821. The van der Waals surface area contributed by atoms with Gasteiger partial charge in [-0.05, 0) is 17.7 Å². The van der Waals surface area contributed by atoms with Crippen LogP contribution in [0, 0.1) is 11.3 Å². The Hall–Kier alpha value is -2.07. The number of nitriles is 1. The highest BCUT2D eigenvalue weighted by Gasteiger charge is 2.35. The van der Waals surface area contributed by atoms with Crippen LogP contribution in [-0.2, 0) is 17.5 Å². The van der Waals surface area contributed by atoms with Crippen molar-refractivity contribution in [2.45, 2.75) is 12.7 Å². The van der Waals surface area contributed by atoms with E-state index in [9.17, 15) is 18.0 Å². The van der Waals surface area contributed by atoms with Gasteiger partial charge < -0.3 is 10.5 Å². The van der Waals surface area contributed by atoms with E-state index in [1.54, 1.807) is 0 Å². The van der Waals surface area contributed by atoms with Gasteiger partial charge in [-0.3, -0.25) is 0 Å². The summed E-state index contributed by atoms with van der Waals surface area (Å²) < 4.78 is 42.4. The minimum absolute atomic E-state index is 0.0202. The van der Waals surface area contributed by atoms with Crippen molar-refractivity contribution in [1.82, 2.24) is 0 Å². The average molecular weight is 258 g/mol. The van der Waals surface area contributed by atoms with Gasteiger partial charge in [0, 0.05) is 6.54 Å². The number of ether oxygens (including phenoxy) is 1. The molecule has 0 amide bonds. The Morgan fingerprint density at radius 2 is 2.11 bits per heavy atom. The molecule has 0 fully saturated rings. The minimum atomic E-state index is -4.68. The van der Waals surface area contributed by atoms with Gasteiger partial charge in [0.15, 0.2) is 0 Å². The van der Waals surface area contributed by atoms with Crippen molar-refractivity contribution in [3.63, 3.8) is 0 Å². The molecule has 0 bridgehead atoms. The van der Waals surface area contributed by atoms with Crippen LogP contribution >= 0.6 is 0 Å². The van der Waals surface area contributed by atoms with Gasteiger partial charge in [-0.25, -0.2) is 4.79 Å². The van der Waals surface area contributed by atoms with E-state index in [1.165, 1.54) is 6.07 Å². The molecule has 0 aliphatic rings. The molecule has 0 atom stereocenters. The molecule has 0 radical (unpaired) electrons. The van der Waals surface area contributed by atoms with E-state index < -0.39 is 23.3 Å². The Morgan fingerprint density at radius 3 is 2.50 bits per heavy atom. The third-order valence-electron chi connectivity index (χ3n) is 2.29. The number of esters is 1. The Kier molecular flexibility index (Phi) is 3.93. The SMILES string of the molecule is COC(=O)c1cc(C#N)c(C(F)(F)F)cc1CN. The molecule has 1 rings (SSSR count). The molecule has 0 heterocycles. The van der Waals surface area contributed by atoms with E-state index in [4.69, 9.17) is 11.0 Å². The summed E-state index contributed by atoms with van der Waals surface area (Å²) >= 11 is 0. The fraction of sp³-hybridized carbons (Fsp3) is 0.273. The van der Waals surface area contributed by atoms with Crippen LogP contribution in [-0.4, -0.2) is 13.1 Å². The summed E-state index contributed by atoms with van der Waals surface area (Å²) in [6, 6.07) is 2.95. The van der Waals surface area contributed by atoms with Gasteiger partial charge in [-0.2, -0.15) is 18.4 Å². The van der Waals surface area contributed by atoms with Crippen LogP contribution in [0.5, 0.6) is 0 Å². The average Bonchev–Trinajstić information content (AvgIpc) is 2.34. The number of methoxy groups -OCH3 is 1. The maximum Gasteiger partial charge on any atom is 0.417 e. The molecule has 0 saturated carbocycles. The summed E-state index contributed by atoms with van der Waals surface area (Å²) in [4.78, 5) is 11.4. The first-order valence-corrected chi connectivity index (χ1v) is 4.77. The minimum Gasteiger partial charge on any atom is -0.465 e. The molecule has 0 aliphatic carbocycles. The van der Waals surface area contributed by atoms with Crippen LogP contribution in [0.15, 0.2) is 12.1 Å². The van der Waals surface area contributed by atoms with Gasteiger partial charge in [-0.1, -0.05) is 0 Å². The number of carbonyl (C=O) groups is 1. The second-order valence-corrected chi connectivity index (χ2v) is 3.36. The monoisotopic (exact) mass is 258 g/mol. The zero-order chi connectivity index (χ0) is 13.9. The van der Waals surface area contributed by atoms with Gasteiger partial charge in [0.1, 0.15) is 0 Å². The molecule has 0 spiro atoms. The van der Waals surface area contributed by atoms with E-state index in [2.05, 4.69) is 4.74 Å². The van der Waals surface area contributed by atoms with Gasteiger partial charge in [0.25, 0.3) is 0 Å². The van der Waals surface area contributed by atoms with Crippen LogP contribution in [0.2, 0.25) is 0 Å². The number of alkyl halides is 3. The van der Waals surface area contributed by atoms with Crippen molar-refractivity contribution < 1.29 is 22.7 Å². The third-order valence-corrected chi connectivity index (χ3v) is 2.29. The van der Waals surface area contributed by atoms with E-state index in [1.807, 2.05) is 0 Å². The summed E-state index contributed by atoms with van der Waals surface area (Å²) in [5, 5.41) is 8.69. The number of nitrogens with zero attached hydrogens (tertiary/aromatic N) is 1. The maximum atomic E-state index is 12.7. The van der Waals surface area contributed by atoms with E-state index in [-0.39, 0.29) is 17.7 Å². The maximum absolute atomic E-state index is 12.7. The summed E-state index contributed by atoms with van der Waals surface area (Å²) in [5.74, 6) is -0.833. The molecule has 0 saturated heterocycles. The van der Waals surface area contributed by atoms with Gasteiger partial charge >= 0.3 is 12.1 Å². The lowest BCUT2D eigenvalue weighted by atomic mass is 9.98. The highest BCUT2D eigenvalue weighted by atomic mass is 19.4. The second kappa shape index (κ2) is 5.06. The number of halogens is 3. The van der Waals surface area contributed by atoms with Crippen LogP contribution in [0.3, 0.4) is 0 Å². The zero-order valence-electron chi connectivity index (χ0n) is 9.34. The van der Waals surface area contributed by atoms with Gasteiger partial charge in [0.2, 0.25) is 0 Å². The van der Waals surface area contributed by atoms with Crippen molar-refractivity contribution in [2.75, 3.05) is 7.11 Å². The number of hydrogen-bond donors (Lipinski definition) is 1. The number of benzene rings is 1. The predicted molar refractivity (Wildman–Crippen MR) is 55.4 cm³/mol. The van der Waals surface area contributed by atoms with E-state index >= 15 is 0 Å². The molecule has 18 heavy (non-hydrogen) atoms. The fourth-order valence-electron chi connectivity index (χ4n) is 1.44. The Morgan fingerprint density at radius 1 is 1.50 bits per heavy atom. The van der Waals surface area contributed by atoms with E-state index in [0.717, 1.165) is 13.2 Å². The first-order valence-electron chi connectivity index (χ1n) is 4.77. The van der Waals surface area contributed by atoms with Crippen LogP contribution in [0.25, 0.3) is 0 Å². The summed E-state index contributed by atoms with van der Waals surface area (Å²) in [7, 11) is 1.09. The van der Waals surface area contributed by atoms with Crippen molar-refractivity contribution >= 4 is 5.97 Å². The van der Waals surface area contributed by atoms with Crippen LogP contribution in [0.4, 0.5) is 13.2 Å². The second-order valence-electron chi connectivity index (χ2n) is 3.36. The topological polar surface area (TPSA) is 76.1 Å². The van der Waals surface area contributed by atoms with E-state index in [0.29, 0.717) is 6.07 Å². The summed E-state index contributed by atoms with van der Waals surface area (Å²) in [5.41, 5.74) is 3.38. The Balaban J connectivity index is 3.53. The Bertz CT molecular complexity index is 518. The molecule has 0 aromatic heterocycles. The standard InChI is InChI=1S/C11H9F3N2O2/c1-18-10(17)8-2-7(5-16)9(11(12,13)14)3-6(8)4-15/h2-3H,4,15H2,1H3. The van der Waals surface area contributed by atoms with Crippen molar-refractivity contribution in [1.29, 1.82) is 5.26 Å². The lowest BCUT2D eigenvalue weighted by molar-refractivity contribution is -0.137. The smallest absolute Gasteiger partial charge is 0.417 e. The molecule has 2 N–H and O–H groups in total. The van der Waals surface area contributed by atoms with Crippen molar-refractivity contribution in [2.24, 2.45) is 5.73 Å². The molecule has 1 aromatic rings. The van der Waals surface area contributed by atoms with Crippen LogP contribution < -0.4 is 5.73 Å². The first-order chi connectivity index (χ1) is 8.35. The summed E-state index contributed by atoms with van der Waals surface area (Å²) in [6.07, 6.45) is -4.68. The molecular formula is C11H9F3N2O2.